The summed E-state index contributed by atoms with van der Waals surface area (Å²) in [4.78, 5) is -0.538. The van der Waals surface area contributed by atoms with Crippen LogP contribution in [0.5, 0.6) is 5.75 Å². The van der Waals surface area contributed by atoms with Crippen LogP contribution in [0, 0.1) is 0 Å². The Hall–Kier alpha value is -2.11. The molecule has 1 aromatic heterocycles. The van der Waals surface area contributed by atoms with Crippen molar-refractivity contribution in [3.8, 4) is 5.75 Å². The first-order valence-electron chi connectivity index (χ1n) is 7.62. The van der Waals surface area contributed by atoms with Gasteiger partial charge in [0, 0.05) is 31.9 Å². The van der Waals surface area contributed by atoms with Crippen molar-refractivity contribution in [2.75, 3.05) is 19.7 Å². The summed E-state index contributed by atoms with van der Waals surface area (Å²) >= 11 is 0. The van der Waals surface area contributed by atoms with Crippen LogP contribution >= 0.6 is 0 Å². The molecule has 1 fully saturated rings. The van der Waals surface area contributed by atoms with E-state index in [1.54, 1.807) is 24.1 Å². The van der Waals surface area contributed by atoms with E-state index in [9.17, 15) is 21.6 Å². The minimum Gasteiger partial charge on any atom is -0.404 e. The maximum Gasteiger partial charge on any atom is 0.573 e. The van der Waals surface area contributed by atoms with Gasteiger partial charge in [0.15, 0.2) is 0 Å². The summed E-state index contributed by atoms with van der Waals surface area (Å²) in [5, 5.41) is 4.02. The molecule has 0 unspecified atom stereocenters. The number of alkyl halides is 3. The highest BCUT2D eigenvalue weighted by atomic mass is 32.2. The van der Waals surface area contributed by atoms with Crippen molar-refractivity contribution in [1.82, 2.24) is 14.1 Å². The molecular formula is C15H16F3N3O4S. The summed E-state index contributed by atoms with van der Waals surface area (Å²) in [5.41, 5.74) is 0.687. The van der Waals surface area contributed by atoms with E-state index in [1.807, 2.05) is 0 Å². The van der Waals surface area contributed by atoms with Gasteiger partial charge in [-0.15, -0.1) is 13.2 Å². The summed E-state index contributed by atoms with van der Waals surface area (Å²) in [6.07, 6.45) is -2.29. The van der Waals surface area contributed by atoms with Crippen LogP contribution in [-0.4, -0.2) is 48.6 Å². The molecule has 7 nitrogen and oxygen atoms in total. The summed E-state index contributed by atoms with van der Waals surface area (Å²) in [6, 6.07) is 4.68. The number of para-hydroxylation sites is 1. The predicted molar refractivity (Wildman–Crippen MR) is 83.8 cm³/mol. The molecule has 1 atom stereocenters. The van der Waals surface area contributed by atoms with E-state index in [0.717, 1.165) is 16.4 Å². The van der Waals surface area contributed by atoms with Crippen LogP contribution in [-0.2, 0) is 21.8 Å². The number of aromatic nitrogens is 2. The molecule has 0 radical (unpaired) electrons. The highest BCUT2D eigenvalue weighted by Gasteiger charge is 2.37. The van der Waals surface area contributed by atoms with Crippen LogP contribution in [0.25, 0.3) is 0 Å². The third-order valence-corrected chi connectivity index (χ3v) is 5.72. The van der Waals surface area contributed by atoms with Gasteiger partial charge in [-0.25, -0.2) is 8.42 Å². The standard InChI is InChI=1S/C15H16F3N3O4S/c1-20-9-11(8-19-20)13-10-21(6-7-24-13)26(22,23)14-5-3-2-4-12(14)25-15(16,17)18/h2-5,8-9,13H,6-7,10H2,1H3/t13-/m1/s1. The number of hydrogen-bond acceptors (Lipinski definition) is 5. The predicted octanol–water partition coefficient (Wildman–Crippen LogP) is 2.08. The highest BCUT2D eigenvalue weighted by molar-refractivity contribution is 7.89. The average Bonchev–Trinajstić information content (AvgIpc) is 3.00. The molecule has 1 saturated heterocycles. The molecule has 1 aliphatic rings. The Labute approximate surface area is 148 Å². The SMILES string of the molecule is Cn1cc([C@H]2CN(S(=O)(=O)c3ccccc3OC(F)(F)F)CCO2)cn1. The van der Waals surface area contributed by atoms with Gasteiger partial charge in [0.25, 0.3) is 0 Å². The summed E-state index contributed by atoms with van der Waals surface area (Å²) in [5.74, 6) is -0.760. The zero-order valence-electron chi connectivity index (χ0n) is 13.7. The third-order valence-electron chi connectivity index (χ3n) is 3.82. The Morgan fingerprint density at radius 2 is 2.04 bits per heavy atom. The fraction of sp³-hybridized carbons (Fsp3) is 0.400. The number of benzene rings is 1. The van der Waals surface area contributed by atoms with E-state index in [0.29, 0.717) is 5.56 Å². The number of ether oxygens (including phenoxy) is 2. The van der Waals surface area contributed by atoms with Crippen molar-refractivity contribution in [3.05, 3.63) is 42.2 Å². The molecule has 1 aliphatic heterocycles. The third kappa shape index (κ3) is 4.00. The van der Waals surface area contributed by atoms with Gasteiger partial charge in [-0.05, 0) is 12.1 Å². The molecule has 142 valence electrons. The molecule has 2 aromatic rings. The molecule has 26 heavy (non-hydrogen) atoms. The van der Waals surface area contributed by atoms with Crippen LogP contribution < -0.4 is 4.74 Å². The van der Waals surface area contributed by atoms with Gasteiger partial charge in [-0.3, -0.25) is 4.68 Å². The molecule has 0 spiro atoms. The van der Waals surface area contributed by atoms with E-state index < -0.39 is 33.1 Å². The zero-order chi connectivity index (χ0) is 18.9. The number of hydrogen-bond donors (Lipinski definition) is 0. The lowest BCUT2D eigenvalue weighted by molar-refractivity contribution is -0.275. The van der Waals surface area contributed by atoms with E-state index in [1.165, 1.54) is 12.1 Å². The summed E-state index contributed by atoms with van der Waals surface area (Å²) < 4.78 is 75.6. The lowest BCUT2D eigenvalue weighted by atomic mass is 10.2. The van der Waals surface area contributed by atoms with Crippen LogP contribution in [0.3, 0.4) is 0 Å². The number of aryl methyl sites for hydroxylation is 1. The van der Waals surface area contributed by atoms with Crippen LogP contribution in [0.4, 0.5) is 13.2 Å². The Balaban J connectivity index is 1.88. The molecule has 0 bridgehead atoms. The molecule has 2 heterocycles. The lowest BCUT2D eigenvalue weighted by Gasteiger charge is -2.32. The van der Waals surface area contributed by atoms with E-state index >= 15 is 0 Å². The normalized spacial score (nSPS) is 19.5. The Morgan fingerprint density at radius 1 is 1.31 bits per heavy atom. The number of halogens is 3. The van der Waals surface area contributed by atoms with E-state index in [4.69, 9.17) is 4.74 Å². The number of morpholine rings is 1. The average molecular weight is 391 g/mol. The van der Waals surface area contributed by atoms with Gasteiger partial charge in [-0.1, -0.05) is 12.1 Å². The van der Waals surface area contributed by atoms with Crippen molar-refractivity contribution in [3.63, 3.8) is 0 Å². The van der Waals surface area contributed by atoms with Crippen LogP contribution in [0.15, 0.2) is 41.6 Å². The maximum absolute atomic E-state index is 12.9. The second-order valence-corrected chi connectivity index (χ2v) is 7.57. The molecule has 0 amide bonds. The molecule has 1 aromatic carbocycles. The van der Waals surface area contributed by atoms with Crippen LogP contribution in [0.1, 0.15) is 11.7 Å². The van der Waals surface area contributed by atoms with Crippen molar-refractivity contribution in [1.29, 1.82) is 0 Å². The number of sulfonamides is 1. The zero-order valence-corrected chi connectivity index (χ0v) is 14.5. The number of rotatable bonds is 4. The largest absolute Gasteiger partial charge is 0.573 e. The van der Waals surface area contributed by atoms with Gasteiger partial charge in [0.1, 0.15) is 10.6 Å². The smallest absolute Gasteiger partial charge is 0.404 e. The minimum absolute atomic E-state index is 0.0272. The topological polar surface area (TPSA) is 73.7 Å². The van der Waals surface area contributed by atoms with Gasteiger partial charge in [0.2, 0.25) is 10.0 Å². The van der Waals surface area contributed by atoms with Gasteiger partial charge in [0.05, 0.1) is 18.9 Å². The van der Waals surface area contributed by atoms with Gasteiger partial charge in [-0.2, -0.15) is 9.40 Å². The van der Waals surface area contributed by atoms with Crippen molar-refractivity contribution < 1.29 is 31.1 Å². The quantitative estimate of drug-likeness (QED) is 0.798. The van der Waals surface area contributed by atoms with Crippen LogP contribution in [0.2, 0.25) is 0 Å². The molecular weight excluding hydrogens is 375 g/mol. The summed E-state index contributed by atoms with van der Waals surface area (Å²) in [6.45, 7) is 0.106. The van der Waals surface area contributed by atoms with E-state index in [-0.39, 0.29) is 19.7 Å². The molecule has 11 heteroatoms. The van der Waals surface area contributed by atoms with Gasteiger partial charge >= 0.3 is 6.36 Å². The first-order valence-corrected chi connectivity index (χ1v) is 9.06. The maximum atomic E-state index is 12.9. The lowest BCUT2D eigenvalue weighted by Crippen LogP contribution is -2.42. The monoisotopic (exact) mass is 391 g/mol. The fourth-order valence-corrected chi connectivity index (χ4v) is 4.20. The molecule has 0 N–H and O–H groups in total. The summed E-state index contributed by atoms with van der Waals surface area (Å²) in [7, 11) is -2.48. The Morgan fingerprint density at radius 3 is 2.69 bits per heavy atom. The molecule has 0 saturated carbocycles. The Bertz CT molecular complexity index is 882. The van der Waals surface area contributed by atoms with Gasteiger partial charge < -0.3 is 9.47 Å². The van der Waals surface area contributed by atoms with E-state index in [2.05, 4.69) is 9.84 Å². The van der Waals surface area contributed by atoms with Crippen molar-refractivity contribution in [2.45, 2.75) is 17.4 Å². The second kappa shape index (κ2) is 6.89. The van der Waals surface area contributed by atoms with Crippen molar-refractivity contribution >= 4 is 10.0 Å². The van der Waals surface area contributed by atoms with Crippen molar-refractivity contribution in [2.24, 2.45) is 7.05 Å². The second-order valence-electron chi connectivity index (χ2n) is 5.66. The first kappa shape index (κ1) is 18.7. The fourth-order valence-electron chi connectivity index (χ4n) is 2.66. The minimum atomic E-state index is -4.99. The molecule has 0 aliphatic carbocycles. The highest BCUT2D eigenvalue weighted by Crippen LogP contribution is 2.33. The first-order chi connectivity index (χ1) is 12.2. The number of nitrogens with zero attached hydrogens (tertiary/aromatic N) is 3. The Kier molecular flexibility index (Phi) is 4.95. The molecule has 3 rings (SSSR count).